The Morgan fingerprint density at radius 3 is 2.94 bits per heavy atom. The van der Waals surface area contributed by atoms with Gasteiger partial charge in [-0.2, -0.15) is 0 Å². The smallest absolute Gasteiger partial charge is 0.312 e. The molecule has 1 aromatic heterocycles. The molecule has 1 heterocycles. The molecule has 0 radical (unpaired) electrons. The molecule has 18 heavy (non-hydrogen) atoms. The van der Waals surface area contributed by atoms with Crippen molar-refractivity contribution in [2.75, 3.05) is 25.0 Å². The summed E-state index contributed by atoms with van der Waals surface area (Å²) in [5.41, 5.74) is -0.155. The van der Waals surface area contributed by atoms with Crippen molar-refractivity contribution in [2.24, 2.45) is 0 Å². The molecule has 0 bridgehead atoms. The number of aromatic nitrogens is 1. The summed E-state index contributed by atoms with van der Waals surface area (Å²) in [7, 11) is 0. The molecule has 1 unspecified atom stereocenters. The number of aliphatic hydroxyl groups excluding tert-OH is 1. The highest BCUT2D eigenvalue weighted by atomic mass is 35.5. The van der Waals surface area contributed by atoms with Crippen molar-refractivity contribution in [3.8, 4) is 0 Å². The van der Waals surface area contributed by atoms with Crippen molar-refractivity contribution in [2.45, 2.75) is 13.0 Å². The number of hydrogen-bond donors (Lipinski definition) is 3. The number of nitrogens with zero attached hydrogens (tertiary/aromatic N) is 2. The van der Waals surface area contributed by atoms with Crippen molar-refractivity contribution in [3.63, 3.8) is 0 Å². The zero-order chi connectivity index (χ0) is 13.5. The van der Waals surface area contributed by atoms with Crippen molar-refractivity contribution < 1.29 is 10.0 Å². The van der Waals surface area contributed by atoms with Gasteiger partial charge >= 0.3 is 5.69 Å². The summed E-state index contributed by atoms with van der Waals surface area (Å²) in [6, 6.07) is 1.25. The molecule has 0 fully saturated rings. The van der Waals surface area contributed by atoms with Crippen molar-refractivity contribution in [1.29, 1.82) is 0 Å². The molecule has 1 rings (SSSR count). The molecule has 7 nitrogen and oxygen atoms in total. The Balaban J connectivity index is 2.49. The second kappa shape index (κ2) is 7.10. The number of aliphatic hydroxyl groups is 1. The first-order valence-electron chi connectivity index (χ1n) is 5.43. The molecule has 3 N–H and O–H groups in total. The molecule has 100 valence electrons. The third-order valence-corrected chi connectivity index (χ3v) is 2.27. The van der Waals surface area contributed by atoms with E-state index in [1.807, 2.05) is 0 Å². The fraction of sp³-hybridized carbons (Fsp3) is 0.500. The van der Waals surface area contributed by atoms with Crippen molar-refractivity contribution >= 4 is 23.1 Å². The summed E-state index contributed by atoms with van der Waals surface area (Å²) in [6.45, 7) is 3.17. The van der Waals surface area contributed by atoms with Gasteiger partial charge in [-0.1, -0.05) is 11.6 Å². The molecule has 0 aliphatic carbocycles. The van der Waals surface area contributed by atoms with Gasteiger partial charge in [0.05, 0.1) is 16.0 Å². The van der Waals surface area contributed by atoms with Crippen molar-refractivity contribution in [1.82, 2.24) is 10.3 Å². The minimum absolute atomic E-state index is 0.155. The molecule has 1 atom stereocenters. The maximum atomic E-state index is 10.8. The van der Waals surface area contributed by atoms with E-state index in [0.717, 1.165) is 0 Å². The van der Waals surface area contributed by atoms with E-state index in [0.29, 0.717) is 19.6 Å². The van der Waals surface area contributed by atoms with Crippen LogP contribution in [0, 0.1) is 10.1 Å². The Morgan fingerprint density at radius 2 is 2.33 bits per heavy atom. The first-order chi connectivity index (χ1) is 8.50. The van der Waals surface area contributed by atoms with E-state index in [1.165, 1.54) is 12.3 Å². The number of halogens is 1. The molecule has 0 aromatic carbocycles. The molecular weight excluding hydrogens is 260 g/mol. The molecule has 0 amide bonds. The summed E-state index contributed by atoms with van der Waals surface area (Å²) < 4.78 is 0. The molecular formula is C10H15ClN4O3. The van der Waals surface area contributed by atoms with Gasteiger partial charge in [-0.25, -0.2) is 4.98 Å². The Morgan fingerprint density at radius 1 is 1.61 bits per heavy atom. The minimum atomic E-state index is -0.537. The minimum Gasteiger partial charge on any atom is -0.392 e. The summed E-state index contributed by atoms with van der Waals surface area (Å²) in [6.07, 6.45) is 0.924. The van der Waals surface area contributed by atoms with Gasteiger partial charge in [0.15, 0.2) is 0 Å². The lowest BCUT2D eigenvalue weighted by Crippen LogP contribution is -2.29. The van der Waals surface area contributed by atoms with E-state index in [9.17, 15) is 10.1 Å². The van der Waals surface area contributed by atoms with Gasteiger partial charge in [0.2, 0.25) is 5.82 Å². The lowest BCUT2D eigenvalue weighted by atomic mass is 10.4. The van der Waals surface area contributed by atoms with E-state index < -0.39 is 11.0 Å². The zero-order valence-corrected chi connectivity index (χ0v) is 10.6. The zero-order valence-electron chi connectivity index (χ0n) is 9.89. The van der Waals surface area contributed by atoms with Crippen LogP contribution in [0.2, 0.25) is 5.02 Å². The Kier molecular flexibility index (Phi) is 5.76. The largest absolute Gasteiger partial charge is 0.392 e. The summed E-state index contributed by atoms with van der Waals surface area (Å²) in [5, 5.41) is 25.8. The molecule has 1 aromatic rings. The second-order valence-electron chi connectivity index (χ2n) is 3.76. The highest BCUT2D eigenvalue weighted by molar-refractivity contribution is 6.30. The average molecular weight is 275 g/mol. The van der Waals surface area contributed by atoms with E-state index in [4.69, 9.17) is 16.7 Å². The van der Waals surface area contributed by atoms with Crippen LogP contribution < -0.4 is 10.6 Å². The predicted molar refractivity (Wildman–Crippen MR) is 68.9 cm³/mol. The first-order valence-corrected chi connectivity index (χ1v) is 5.81. The van der Waals surface area contributed by atoms with Crippen LogP contribution in [0.1, 0.15) is 6.92 Å². The number of nitro groups is 1. The third-order valence-electron chi connectivity index (χ3n) is 2.06. The quantitative estimate of drug-likeness (QED) is 0.390. The monoisotopic (exact) mass is 274 g/mol. The van der Waals surface area contributed by atoms with Crippen LogP contribution in [-0.4, -0.2) is 40.8 Å². The molecule has 8 heteroatoms. The second-order valence-corrected chi connectivity index (χ2v) is 4.19. The Labute approximate surface area is 109 Å². The molecule has 0 aliphatic heterocycles. The Hall–Kier alpha value is -1.44. The van der Waals surface area contributed by atoms with Crippen LogP contribution in [0.5, 0.6) is 0 Å². The van der Waals surface area contributed by atoms with Crippen LogP contribution >= 0.6 is 11.6 Å². The van der Waals surface area contributed by atoms with Gasteiger partial charge in [-0.15, -0.1) is 0 Å². The van der Waals surface area contributed by atoms with E-state index in [1.54, 1.807) is 6.92 Å². The number of hydrogen-bond acceptors (Lipinski definition) is 6. The lowest BCUT2D eigenvalue weighted by Gasteiger charge is -2.08. The van der Waals surface area contributed by atoms with E-state index in [-0.39, 0.29) is 16.5 Å². The standard InChI is InChI=1S/C10H15ClN4O3/c1-7(16)5-12-2-3-13-10-9(15(17)18)4-8(11)6-14-10/h4,6-7,12,16H,2-3,5H2,1H3,(H,13,14). The summed E-state index contributed by atoms with van der Waals surface area (Å²) >= 11 is 5.64. The molecule has 0 spiro atoms. The van der Waals surface area contributed by atoms with E-state index >= 15 is 0 Å². The van der Waals surface area contributed by atoms with Crippen LogP contribution in [-0.2, 0) is 0 Å². The maximum absolute atomic E-state index is 10.8. The van der Waals surface area contributed by atoms with Crippen LogP contribution in [0.25, 0.3) is 0 Å². The van der Waals surface area contributed by atoms with Crippen molar-refractivity contribution in [3.05, 3.63) is 27.4 Å². The number of pyridine rings is 1. The van der Waals surface area contributed by atoms with Gasteiger partial charge in [-0.05, 0) is 6.92 Å². The highest BCUT2D eigenvalue weighted by Gasteiger charge is 2.15. The van der Waals surface area contributed by atoms with Crippen LogP contribution in [0.4, 0.5) is 11.5 Å². The summed E-state index contributed by atoms with van der Waals surface area (Å²) in [5.74, 6) is 0.184. The fourth-order valence-corrected chi connectivity index (χ4v) is 1.44. The third kappa shape index (κ3) is 4.82. The van der Waals surface area contributed by atoms with Gasteiger partial charge in [0, 0.05) is 31.9 Å². The van der Waals surface area contributed by atoms with Gasteiger partial charge in [-0.3, -0.25) is 10.1 Å². The molecule has 0 saturated heterocycles. The highest BCUT2D eigenvalue weighted by Crippen LogP contribution is 2.24. The number of nitrogens with one attached hydrogen (secondary N) is 2. The topological polar surface area (TPSA) is 100 Å². The molecule has 0 saturated carbocycles. The van der Waals surface area contributed by atoms with Gasteiger partial charge < -0.3 is 15.7 Å². The summed E-state index contributed by atoms with van der Waals surface area (Å²) in [4.78, 5) is 14.1. The Bertz CT molecular complexity index is 414. The lowest BCUT2D eigenvalue weighted by molar-refractivity contribution is -0.384. The normalized spacial score (nSPS) is 12.2. The van der Waals surface area contributed by atoms with E-state index in [2.05, 4.69) is 15.6 Å². The first kappa shape index (κ1) is 14.6. The number of anilines is 1. The van der Waals surface area contributed by atoms with Gasteiger partial charge in [0.1, 0.15) is 0 Å². The van der Waals surface area contributed by atoms with Crippen LogP contribution in [0.15, 0.2) is 12.3 Å². The molecule has 0 aliphatic rings. The van der Waals surface area contributed by atoms with Crippen LogP contribution in [0.3, 0.4) is 0 Å². The fourth-order valence-electron chi connectivity index (χ4n) is 1.28. The van der Waals surface area contributed by atoms with Gasteiger partial charge in [0.25, 0.3) is 0 Å². The SMILES string of the molecule is CC(O)CNCCNc1ncc(Cl)cc1[N+](=O)[O-]. The maximum Gasteiger partial charge on any atom is 0.312 e. The number of rotatable bonds is 7. The predicted octanol–water partition coefficient (Wildman–Crippen LogP) is 1.03. The average Bonchev–Trinajstić information content (AvgIpc) is 2.29.